The lowest BCUT2D eigenvalue weighted by Gasteiger charge is -2.21. The Hall–Kier alpha value is -3.73. The average molecular weight is 483 g/mol. The third-order valence-corrected chi connectivity index (χ3v) is 6.14. The number of rotatable bonds is 9. The number of nitro groups is 1. The van der Waals surface area contributed by atoms with E-state index in [4.69, 9.17) is 0 Å². The lowest BCUT2D eigenvalue weighted by Crippen LogP contribution is -2.33. The van der Waals surface area contributed by atoms with Crippen LogP contribution in [0.25, 0.3) is 0 Å². The van der Waals surface area contributed by atoms with Gasteiger partial charge in [0, 0.05) is 18.7 Å². The van der Waals surface area contributed by atoms with Gasteiger partial charge in [-0.15, -0.1) is 10.2 Å². The van der Waals surface area contributed by atoms with Crippen molar-refractivity contribution in [3.8, 4) is 0 Å². The van der Waals surface area contributed by atoms with Crippen molar-refractivity contribution < 1.29 is 14.5 Å². The number of nitro benzene ring substituents is 1. The van der Waals surface area contributed by atoms with E-state index in [1.807, 2.05) is 32.9 Å². The van der Waals surface area contributed by atoms with Crippen LogP contribution in [0.15, 0.2) is 53.7 Å². The first-order valence-electron chi connectivity index (χ1n) is 10.6. The molecule has 0 bridgehead atoms. The molecule has 0 saturated heterocycles. The zero-order valence-electron chi connectivity index (χ0n) is 19.3. The average Bonchev–Trinajstić information content (AvgIpc) is 3.16. The number of thioether (sulfide) groups is 1. The molecule has 0 unspecified atom stereocenters. The van der Waals surface area contributed by atoms with Gasteiger partial charge in [0.05, 0.1) is 16.7 Å². The number of nitrogens with one attached hydrogen (secondary N) is 2. The first kappa shape index (κ1) is 24.9. The molecule has 0 aliphatic heterocycles. The van der Waals surface area contributed by atoms with Crippen LogP contribution in [0.2, 0.25) is 0 Å². The molecule has 10 nitrogen and oxygen atoms in total. The van der Waals surface area contributed by atoms with Crippen LogP contribution >= 0.6 is 11.8 Å². The van der Waals surface area contributed by atoms with Crippen LogP contribution < -0.4 is 10.6 Å². The largest absolute Gasteiger partial charge is 0.342 e. The van der Waals surface area contributed by atoms with Crippen LogP contribution in [0.5, 0.6) is 0 Å². The molecule has 34 heavy (non-hydrogen) atoms. The molecule has 3 rings (SSSR count). The lowest BCUT2D eigenvalue weighted by molar-refractivity contribution is -0.383. The van der Waals surface area contributed by atoms with Gasteiger partial charge < -0.3 is 15.2 Å². The van der Waals surface area contributed by atoms with Crippen LogP contribution in [-0.2, 0) is 11.8 Å². The first-order valence-corrected chi connectivity index (χ1v) is 11.6. The van der Waals surface area contributed by atoms with Gasteiger partial charge in [-0.3, -0.25) is 19.7 Å². The molecule has 0 radical (unpaired) electrons. The van der Waals surface area contributed by atoms with Crippen molar-refractivity contribution in [3.63, 3.8) is 0 Å². The van der Waals surface area contributed by atoms with E-state index >= 15 is 0 Å². The van der Waals surface area contributed by atoms with E-state index in [9.17, 15) is 19.7 Å². The number of carbonyl (C=O) groups is 2. The van der Waals surface area contributed by atoms with Gasteiger partial charge in [0.2, 0.25) is 5.91 Å². The Bertz CT molecular complexity index is 1190. The fourth-order valence-corrected chi connectivity index (χ4v) is 3.95. The second-order valence-corrected chi connectivity index (χ2v) is 9.01. The molecular weight excluding hydrogens is 456 g/mol. The van der Waals surface area contributed by atoms with Crippen LogP contribution in [0.3, 0.4) is 0 Å². The second-order valence-electron chi connectivity index (χ2n) is 8.07. The number of hydrogen-bond acceptors (Lipinski definition) is 7. The zero-order valence-corrected chi connectivity index (χ0v) is 20.1. The number of hydrogen-bond donors (Lipinski definition) is 2. The third-order valence-electron chi connectivity index (χ3n) is 5.12. The normalized spacial score (nSPS) is 11.8. The Morgan fingerprint density at radius 2 is 1.79 bits per heavy atom. The number of nitrogens with zero attached hydrogens (tertiary/aromatic N) is 4. The fraction of sp³-hybridized carbons (Fsp3) is 0.304. The maximum atomic E-state index is 12.8. The molecule has 2 N–H and O–H groups in total. The summed E-state index contributed by atoms with van der Waals surface area (Å²) in [5, 5.41) is 25.6. The second kappa shape index (κ2) is 10.9. The van der Waals surface area contributed by atoms with Crippen molar-refractivity contribution in [1.82, 2.24) is 20.1 Å². The summed E-state index contributed by atoms with van der Waals surface area (Å²) in [6.07, 6.45) is 0. The maximum absolute atomic E-state index is 12.8. The minimum absolute atomic E-state index is 0.0138. The van der Waals surface area contributed by atoms with Crippen molar-refractivity contribution in [2.24, 2.45) is 13.0 Å². The summed E-state index contributed by atoms with van der Waals surface area (Å²) in [5.74, 6) is -0.0223. The number of carbonyl (C=O) groups excluding carboxylic acids is 2. The number of para-hydroxylation sites is 2. The van der Waals surface area contributed by atoms with Crippen LogP contribution in [0.4, 0.5) is 11.4 Å². The summed E-state index contributed by atoms with van der Waals surface area (Å²) < 4.78 is 1.74. The third kappa shape index (κ3) is 5.98. The summed E-state index contributed by atoms with van der Waals surface area (Å²) >= 11 is 1.15. The van der Waals surface area contributed by atoms with Crippen LogP contribution in [0.1, 0.15) is 41.6 Å². The van der Waals surface area contributed by atoms with Gasteiger partial charge in [-0.25, -0.2) is 0 Å². The van der Waals surface area contributed by atoms with Gasteiger partial charge in [-0.2, -0.15) is 0 Å². The molecule has 1 aromatic heterocycles. The number of anilines is 1. The predicted octanol–water partition coefficient (Wildman–Crippen LogP) is 3.89. The monoisotopic (exact) mass is 482 g/mol. The predicted molar refractivity (Wildman–Crippen MR) is 130 cm³/mol. The molecule has 0 aliphatic carbocycles. The van der Waals surface area contributed by atoms with Crippen molar-refractivity contribution in [2.75, 3.05) is 11.1 Å². The first-order chi connectivity index (χ1) is 16.2. The molecule has 1 heterocycles. The quantitative estimate of drug-likeness (QED) is 0.269. The van der Waals surface area contributed by atoms with Gasteiger partial charge in [0.25, 0.3) is 11.6 Å². The molecule has 0 fully saturated rings. The number of amides is 2. The summed E-state index contributed by atoms with van der Waals surface area (Å²) in [6.45, 7) is 5.91. The topological polar surface area (TPSA) is 132 Å². The van der Waals surface area contributed by atoms with Crippen molar-refractivity contribution in [2.45, 2.75) is 32.0 Å². The number of benzene rings is 2. The molecule has 0 aliphatic rings. The Morgan fingerprint density at radius 3 is 2.44 bits per heavy atom. The van der Waals surface area contributed by atoms with Gasteiger partial charge in [-0.1, -0.05) is 55.4 Å². The van der Waals surface area contributed by atoms with Gasteiger partial charge in [0.1, 0.15) is 5.69 Å². The van der Waals surface area contributed by atoms with E-state index in [-0.39, 0.29) is 35.0 Å². The van der Waals surface area contributed by atoms with Gasteiger partial charge in [0.15, 0.2) is 11.0 Å². The molecule has 2 amide bonds. The highest BCUT2D eigenvalue weighted by atomic mass is 32.2. The summed E-state index contributed by atoms with van der Waals surface area (Å²) in [6, 6.07) is 12.9. The summed E-state index contributed by atoms with van der Waals surface area (Å²) in [7, 11) is 1.77. The molecule has 0 saturated carbocycles. The Morgan fingerprint density at radius 1 is 1.12 bits per heavy atom. The maximum Gasteiger partial charge on any atom is 0.292 e. The van der Waals surface area contributed by atoms with Gasteiger partial charge in [-0.05, 0) is 31.0 Å². The van der Waals surface area contributed by atoms with E-state index in [1.54, 1.807) is 29.8 Å². The lowest BCUT2D eigenvalue weighted by atomic mass is 10.0. The van der Waals surface area contributed by atoms with Crippen molar-refractivity contribution in [3.05, 3.63) is 75.6 Å². The van der Waals surface area contributed by atoms with Crippen LogP contribution in [-0.4, -0.2) is 37.3 Å². The van der Waals surface area contributed by atoms with E-state index in [0.29, 0.717) is 16.5 Å². The molecule has 11 heteroatoms. The van der Waals surface area contributed by atoms with Crippen LogP contribution in [0, 0.1) is 23.0 Å². The standard InChI is InChI=1S/C23H26N6O4S/c1-14(2)20(25-22(31)16-11-9-15(3)10-12-16)21-26-27-23(28(21)4)34-13-19(30)24-17-7-5-6-8-18(17)29(32)33/h5-12,14,20H,13H2,1-4H3,(H,24,30)(H,25,31)/t20-/m1/s1. The smallest absolute Gasteiger partial charge is 0.292 e. The molecular formula is C23H26N6O4S. The Labute approximate surface area is 201 Å². The zero-order chi connectivity index (χ0) is 24.8. The van der Waals surface area contributed by atoms with E-state index in [0.717, 1.165) is 17.3 Å². The summed E-state index contributed by atoms with van der Waals surface area (Å²) in [5.41, 5.74) is 1.58. The van der Waals surface area contributed by atoms with Crippen molar-refractivity contribution in [1.29, 1.82) is 0 Å². The Balaban J connectivity index is 1.67. The minimum Gasteiger partial charge on any atom is -0.342 e. The molecule has 3 aromatic rings. The SMILES string of the molecule is Cc1ccc(C(=O)N[C@@H](c2nnc(SCC(=O)Nc3ccccc3[N+](=O)[O-])n2C)C(C)C)cc1. The van der Waals surface area contributed by atoms with E-state index in [1.165, 1.54) is 18.2 Å². The number of aryl methyl sites for hydroxylation is 1. The highest BCUT2D eigenvalue weighted by Gasteiger charge is 2.25. The highest BCUT2D eigenvalue weighted by molar-refractivity contribution is 7.99. The minimum atomic E-state index is -0.547. The highest BCUT2D eigenvalue weighted by Crippen LogP contribution is 2.26. The molecule has 178 valence electrons. The van der Waals surface area contributed by atoms with E-state index in [2.05, 4.69) is 20.8 Å². The summed E-state index contributed by atoms with van der Waals surface area (Å²) in [4.78, 5) is 35.7. The van der Waals surface area contributed by atoms with E-state index < -0.39 is 10.8 Å². The Kier molecular flexibility index (Phi) is 8.00. The molecule has 0 spiro atoms. The number of aromatic nitrogens is 3. The fourth-order valence-electron chi connectivity index (χ4n) is 3.24. The molecule has 1 atom stereocenters. The van der Waals surface area contributed by atoms with Gasteiger partial charge >= 0.3 is 0 Å². The molecule has 2 aromatic carbocycles. The van der Waals surface area contributed by atoms with Crippen molar-refractivity contribution >= 4 is 35.0 Å².